The zero-order valence-corrected chi connectivity index (χ0v) is 32.6. The molecule has 3 bridgehead atoms. The summed E-state index contributed by atoms with van der Waals surface area (Å²) in [5, 5.41) is 38.7. The predicted octanol–water partition coefficient (Wildman–Crippen LogP) is 7.02. The van der Waals surface area contributed by atoms with Gasteiger partial charge in [0.2, 0.25) is 0 Å². The zero-order chi connectivity index (χ0) is 37.3. The van der Waals surface area contributed by atoms with E-state index >= 15 is 0 Å². The Balaban J connectivity index is 1.31. The summed E-state index contributed by atoms with van der Waals surface area (Å²) in [6.07, 6.45) is 8.12. The van der Waals surface area contributed by atoms with Crippen LogP contribution in [0.15, 0.2) is 41.4 Å². The fraction of sp³-hybridized carbons (Fsp3) is 0.535. The maximum atomic E-state index is 14.9. The van der Waals surface area contributed by atoms with Crippen molar-refractivity contribution in [3.63, 3.8) is 0 Å². The average molecular weight is 753 g/mol. The normalized spacial score (nSPS) is 29.8. The van der Waals surface area contributed by atoms with Gasteiger partial charge in [0.15, 0.2) is 11.7 Å². The molecule has 7 N–H and O–H groups in total. The Morgan fingerprint density at radius 3 is 2.74 bits per heavy atom. The molecule has 4 aliphatic carbocycles. The van der Waals surface area contributed by atoms with Crippen LogP contribution in [-0.2, 0) is 6.42 Å². The fourth-order valence-electron chi connectivity index (χ4n) is 10.6. The van der Waals surface area contributed by atoms with Crippen molar-refractivity contribution < 1.29 is 20.1 Å². The number of aliphatic imine (C=N–C) groups is 1. The van der Waals surface area contributed by atoms with E-state index in [-0.39, 0.29) is 58.7 Å². The summed E-state index contributed by atoms with van der Waals surface area (Å²) in [5.41, 5.74) is 8.51. The van der Waals surface area contributed by atoms with Crippen molar-refractivity contribution in [1.29, 1.82) is 0 Å². The highest BCUT2D eigenvalue weighted by molar-refractivity contribution is 7.23. The van der Waals surface area contributed by atoms with Gasteiger partial charge in [-0.1, -0.05) is 24.2 Å². The van der Waals surface area contributed by atoms with E-state index in [0.29, 0.717) is 31.0 Å². The molecule has 8 atom stereocenters. The number of ketones is 1. The number of thiophene rings is 2. The summed E-state index contributed by atoms with van der Waals surface area (Å²) in [4.78, 5) is 23.3. The SMILES string of the molecule is CC#Cc1ccc(-c2ccc(C(=O)C3CCC4CC35CC(CC#Cc3c(cc(O)cc3NCC(C)O)CC4NC(N)=NC)C3(CCCC3CO)C5)s2)s1. The van der Waals surface area contributed by atoms with Gasteiger partial charge in [0.1, 0.15) is 5.75 Å². The summed E-state index contributed by atoms with van der Waals surface area (Å²) in [7, 11) is 1.68. The van der Waals surface area contributed by atoms with Crippen LogP contribution in [0.3, 0.4) is 0 Å². The summed E-state index contributed by atoms with van der Waals surface area (Å²) in [5.74, 6) is 14.5. The minimum atomic E-state index is -0.575. The second kappa shape index (κ2) is 15.5. The number of Topliss-reactive ketones (excluding diaryl/α,β-unsaturated/α-hetero) is 1. The third kappa shape index (κ3) is 7.36. The summed E-state index contributed by atoms with van der Waals surface area (Å²) in [6, 6.07) is 11.7. The van der Waals surface area contributed by atoms with E-state index in [4.69, 9.17) is 5.73 Å². The molecule has 10 heteroatoms. The van der Waals surface area contributed by atoms with Gasteiger partial charge in [-0.25, -0.2) is 0 Å². The molecule has 0 radical (unpaired) electrons. The highest BCUT2D eigenvalue weighted by atomic mass is 32.1. The predicted molar refractivity (Wildman–Crippen MR) is 215 cm³/mol. The van der Waals surface area contributed by atoms with Gasteiger partial charge in [0.05, 0.1) is 27.1 Å². The number of carbonyl (C=O) groups excluding carboxylic acids is 1. The molecule has 3 aromatic rings. The number of aliphatic hydroxyl groups is 2. The third-order valence-corrected chi connectivity index (χ3v) is 15.1. The van der Waals surface area contributed by atoms with Gasteiger partial charge >= 0.3 is 0 Å². The van der Waals surface area contributed by atoms with Crippen molar-refractivity contribution in [1.82, 2.24) is 5.32 Å². The first-order valence-electron chi connectivity index (χ1n) is 19.1. The van der Waals surface area contributed by atoms with E-state index in [1.807, 2.05) is 13.0 Å². The van der Waals surface area contributed by atoms with Gasteiger partial charge in [-0.3, -0.25) is 9.79 Å². The number of aliphatic hydroxyl groups excluding tert-OH is 2. The molecule has 8 nitrogen and oxygen atoms in total. The second-order valence-corrected chi connectivity index (χ2v) is 18.1. The van der Waals surface area contributed by atoms with Crippen LogP contribution in [0.2, 0.25) is 0 Å². The Morgan fingerprint density at radius 1 is 1.15 bits per heavy atom. The molecule has 1 aromatic carbocycles. The summed E-state index contributed by atoms with van der Waals surface area (Å²) >= 11 is 3.26. The van der Waals surface area contributed by atoms with E-state index in [9.17, 15) is 20.1 Å². The molecule has 3 fully saturated rings. The molecule has 2 aromatic heterocycles. The lowest BCUT2D eigenvalue weighted by Crippen LogP contribution is -2.50. The molecule has 7 rings (SSSR count). The zero-order valence-electron chi connectivity index (χ0n) is 31.0. The van der Waals surface area contributed by atoms with Crippen LogP contribution in [0.1, 0.15) is 97.3 Å². The van der Waals surface area contributed by atoms with E-state index in [2.05, 4.69) is 57.5 Å². The molecule has 280 valence electrons. The number of rotatable bonds is 8. The molecular weight excluding hydrogens is 701 g/mol. The highest BCUT2D eigenvalue weighted by Crippen LogP contribution is 2.69. The van der Waals surface area contributed by atoms with Crippen molar-refractivity contribution in [2.24, 2.45) is 45.2 Å². The molecule has 8 unspecified atom stereocenters. The number of nitrogens with one attached hydrogen (secondary N) is 2. The number of nitrogens with zero attached hydrogens (tertiary/aromatic N) is 1. The Kier molecular flexibility index (Phi) is 11.0. The first kappa shape index (κ1) is 37.5. The molecule has 0 amide bonds. The number of guanidine groups is 1. The van der Waals surface area contributed by atoms with Crippen molar-refractivity contribution in [3.05, 3.63) is 57.3 Å². The quantitative estimate of drug-likeness (QED) is 0.0629. The number of fused-ring (bicyclic) bond motifs is 4. The maximum absolute atomic E-state index is 14.9. The number of benzene rings is 1. The first-order valence-corrected chi connectivity index (χ1v) is 20.7. The van der Waals surface area contributed by atoms with Gasteiger partial charge in [0, 0.05) is 54.4 Å². The number of nitrogens with two attached hydrogens (primary N) is 1. The molecule has 0 saturated heterocycles. The minimum absolute atomic E-state index is 0.0792. The number of carbonyl (C=O) groups is 1. The third-order valence-electron chi connectivity index (χ3n) is 12.8. The number of phenols is 1. The van der Waals surface area contributed by atoms with Gasteiger partial charge in [-0.05, 0) is 130 Å². The number of aromatic hydroxyl groups is 1. The van der Waals surface area contributed by atoms with E-state index in [0.717, 1.165) is 82.0 Å². The molecular formula is C43H52N4O4S2. The van der Waals surface area contributed by atoms with Gasteiger partial charge in [-0.2, -0.15) is 0 Å². The lowest BCUT2D eigenvalue weighted by molar-refractivity contribution is 0.0241. The molecule has 2 spiro atoms. The van der Waals surface area contributed by atoms with Crippen molar-refractivity contribution in [2.45, 2.75) is 90.2 Å². The molecule has 53 heavy (non-hydrogen) atoms. The van der Waals surface area contributed by atoms with Crippen LogP contribution in [0.5, 0.6) is 5.75 Å². The van der Waals surface area contributed by atoms with Crippen LogP contribution in [-0.4, -0.2) is 59.4 Å². The monoisotopic (exact) mass is 752 g/mol. The van der Waals surface area contributed by atoms with Crippen molar-refractivity contribution in [3.8, 4) is 39.2 Å². The van der Waals surface area contributed by atoms with E-state index in [1.54, 1.807) is 48.8 Å². The number of phenolic OH excluding ortho intramolecular Hbond substituents is 1. The Hall–Kier alpha value is -3.80. The Morgan fingerprint density at radius 2 is 1.96 bits per heavy atom. The Bertz CT molecular complexity index is 1990. The highest BCUT2D eigenvalue weighted by Gasteiger charge is 2.63. The van der Waals surface area contributed by atoms with Crippen molar-refractivity contribution in [2.75, 3.05) is 25.5 Å². The first-order chi connectivity index (χ1) is 25.6. The van der Waals surface area contributed by atoms with Crippen LogP contribution in [0.25, 0.3) is 9.75 Å². The molecule has 3 saturated carbocycles. The largest absolute Gasteiger partial charge is 0.508 e. The average Bonchev–Trinajstić information content (AvgIpc) is 3.94. The number of anilines is 1. The maximum Gasteiger partial charge on any atom is 0.188 e. The smallest absolute Gasteiger partial charge is 0.188 e. The van der Waals surface area contributed by atoms with Gasteiger partial charge < -0.3 is 31.7 Å². The minimum Gasteiger partial charge on any atom is -0.508 e. The molecule has 2 heterocycles. The Labute approximate surface area is 321 Å². The van der Waals surface area contributed by atoms with E-state index < -0.39 is 6.10 Å². The number of hydrogen-bond donors (Lipinski definition) is 6. The summed E-state index contributed by atoms with van der Waals surface area (Å²) in [6.45, 7) is 4.06. The lowest BCUT2D eigenvalue weighted by atomic mass is 9.57. The van der Waals surface area contributed by atoms with Crippen molar-refractivity contribution >= 4 is 40.1 Å². The van der Waals surface area contributed by atoms with Gasteiger partial charge in [-0.15, -0.1) is 28.6 Å². The molecule has 4 aliphatic rings. The fourth-order valence-corrected chi connectivity index (χ4v) is 12.6. The van der Waals surface area contributed by atoms with Gasteiger partial charge in [0.25, 0.3) is 0 Å². The topological polar surface area (TPSA) is 140 Å². The van der Waals surface area contributed by atoms with E-state index in [1.165, 1.54) is 0 Å². The lowest BCUT2D eigenvalue weighted by Gasteiger charge is -2.48. The number of hydrogen-bond acceptors (Lipinski definition) is 8. The second-order valence-electron chi connectivity index (χ2n) is 15.9. The van der Waals surface area contributed by atoms with Crippen LogP contribution in [0, 0.1) is 58.2 Å². The summed E-state index contributed by atoms with van der Waals surface area (Å²) < 4.78 is 0. The standard InChI is InChI=1S/C43H52N4O4S2/c1-4-7-32-12-14-37(52-32)38-15-16-39(53-38)40(51)34-13-11-27-21-42(34)22-29(43(25-42)17-6-9-30(43)24-48)8-5-10-33-28(19-35(27)47-41(44)45-3)18-31(50)20-36(33)46-23-26(2)49/h12,14-16,18,20,26-27,29-30,34-35,46,48-50H,6,8-9,11,13,17,19,21-25H2,1-3H3,(H3,44,45,47). The van der Waals surface area contributed by atoms with Crippen LogP contribution in [0.4, 0.5) is 5.69 Å². The molecule has 0 aliphatic heterocycles. The van der Waals surface area contributed by atoms with Crippen LogP contribution >= 0.6 is 22.7 Å². The van der Waals surface area contributed by atoms with Crippen LogP contribution < -0.4 is 16.4 Å².